The Morgan fingerprint density at radius 3 is 2.74 bits per heavy atom. The minimum atomic E-state index is -0.412. The summed E-state index contributed by atoms with van der Waals surface area (Å²) in [7, 11) is 4.28. The lowest BCUT2D eigenvalue weighted by atomic mass is 9.90. The highest BCUT2D eigenvalue weighted by atomic mass is 32.2. The maximum atomic E-state index is 14.4. The third-order valence-corrected chi connectivity index (χ3v) is 7.60. The molecule has 0 unspecified atom stereocenters. The van der Waals surface area contributed by atoms with Crippen molar-refractivity contribution in [1.82, 2.24) is 34.5 Å². The van der Waals surface area contributed by atoms with Crippen molar-refractivity contribution in [3.8, 4) is 17.3 Å². The number of fused-ring (bicyclic) bond motifs is 1. The molecule has 174 valence electrons. The van der Waals surface area contributed by atoms with Gasteiger partial charge in [0, 0.05) is 28.9 Å². The Bertz CT molecular complexity index is 1380. The number of pyridine rings is 2. The van der Waals surface area contributed by atoms with Crippen molar-refractivity contribution in [3.63, 3.8) is 0 Å². The maximum Gasteiger partial charge on any atom is 0.155 e. The summed E-state index contributed by atoms with van der Waals surface area (Å²) in [5, 5.41) is 23.2. The van der Waals surface area contributed by atoms with Crippen molar-refractivity contribution in [1.29, 1.82) is 5.26 Å². The van der Waals surface area contributed by atoms with Crippen LogP contribution in [0.2, 0.25) is 0 Å². The lowest BCUT2D eigenvalue weighted by Gasteiger charge is -2.32. The predicted molar refractivity (Wildman–Crippen MR) is 127 cm³/mol. The topological polar surface area (TPSA) is 87.9 Å². The van der Waals surface area contributed by atoms with E-state index in [1.807, 2.05) is 23.9 Å². The number of nitrogens with zero attached hydrogens (tertiary/aromatic N) is 8. The van der Waals surface area contributed by atoms with Gasteiger partial charge in [-0.25, -0.2) is 18.6 Å². The molecular formula is C24H25FN8S. The molecule has 0 aliphatic heterocycles. The van der Waals surface area contributed by atoms with E-state index in [1.54, 1.807) is 16.8 Å². The first-order chi connectivity index (χ1) is 16.5. The van der Waals surface area contributed by atoms with Crippen molar-refractivity contribution < 1.29 is 4.39 Å². The van der Waals surface area contributed by atoms with E-state index in [-0.39, 0.29) is 5.03 Å². The lowest BCUT2D eigenvalue weighted by molar-refractivity contribution is 0.187. The first kappa shape index (κ1) is 22.5. The largest absolute Gasteiger partial charge is 0.306 e. The second-order valence-corrected chi connectivity index (χ2v) is 9.87. The summed E-state index contributed by atoms with van der Waals surface area (Å²) < 4.78 is 18.1. The highest BCUT2D eigenvalue weighted by Crippen LogP contribution is 2.37. The van der Waals surface area contributed by atoms with E-state index in [9.17, 15) is 9.65 Å². The molecule has 0 aromatic carbocycles. The average molecular weight is 477 g/mol. The summed E-state index contributed by atoms with van der Waals surface area (Å²) in [6, 6.07) is 7.96. The van der Waals surface area contributed by atoms with Gasteiger partial charge in [0.15, 0.2) is 5.82 Å². The Labute approximate surface area is 201 Å². The monoisotopic (exact) mass is 476 g/mol. The van der Waals surface area contributed by atoms with Crippen LogP contribution in [0.4, 0.5) is 4.39 Å². The maximum absolute atomic E-state index is 14.4. The van der Waals surface area contributed by atoms with Crippen molar-refractivity contribution in [3.05, 3.63) is 53.9 Å². The summed E-state index contributed by atoms with van der Waals surface area (Å²) >= 11 is 1.17. The minimum absolute atomic E-state index is 0.240. The second-order valence-electron chi connectivity index (χ2n) is 8.84. The number of nitriles is 1. The van der Waals surface area contributed by atoms with Crippen LogP contribution >= 0.6 is 11.8 Å². The molecule has 4 aromatic heterocycles. The number of hydrogen-bond donors (Lipinski definition) is 0. The van der Waals surface area contributed by atoms with Crippen molar-refractivity contribution in [2.24, 2.45) is 0 Å². The SMILES string of the molecule is Cc1c(-c2cc(Sc3ncccc3F)c3c(C#N)cnn3c2)nnn1C1CCC(N(C)C)CC1. The van der Waals surface area contributed by atoms with E-state index in [0.717, 1.165) is 42.6 Å². The molecule has 1 aliphatic carbocycles. The zero-order chi connectivity index (χ0) is 23.8. The Kier molecular flexibility index (Phi) is 6.06. The summed E-state index contributed by atoms with van der Waals surface area (Å²) in [6.07, 6.45) is 9.32. The first-order valence-electron chi connectivity index (χ1n) is 11.2. The van der Waals surface area contributed by atoms with Gasteiger partial charge in [-0.1, -0.05) is 17.0 Å². The van der Waals surface area contributed by atoms with Crippen LogP contribution in [0.1, 0.15) is 43.0 Å². The number of hydrogen-bond acceptors (Lipinski definition) is 7. The van der Waals surface area contributed by atoms with E-state index in [2.05, 4.69) is 45.5 Å². The molecule has 1 aliphatic rings. The lowest BCUT2D eigenvalue weighted by Crippen LogP contribution is -2.33. The molecule has 0 amide bonds. The van der Waals surface area contributed by atoms with E-state index in [1.165, 1.54) is 24.0 Å². The smallest absolute Gasteiger partial charge is 0.155 e. The molecule has 0 atom stereocenters. The molecule has 4 aromatic rings. The van der Waals surface area contributed by atoms with Gasteiger partial charge in [0.25, 0.3) is 0 Å². The Hall–Kier alpha value is -3.29. The second kappa shape index (κ2) is 9.16. The number of aromatic nitrogens is 6. The van der Waals surface area contributed by atoms with Gasteiger partial charge in [-0.05, 0) is 64.9 Å². The summed E-state index contributed by atoms with van der Waals surface area (Å²) in [5.74, 6) is -0.412. The van der Waals surface area contributed by atoms with Crippen molar-refractivity contribution in [2.45, 2.75) is 54.6 Å². The van der Waals surface area contributed by atoms with Crippen LogP contribution in [0.15, 0.2) is 46.7 Å². The van der Waals surface area contributed by atoms with Gasteiger partial charge in [-0.2, -0.15) is 10.4 Å². The van der Waals surface area contributed by atoms with Crippen molar-refractivity contribution >= 4 is 17.3 Å². The molecule has 10 heteroatoms. The van der Waals surface area contributed by atoms with Gasteiger partial charge >= 0.3 is 0 Å². The van der Waals surface area contributed by atoms with E-state index in [0.29, 0.717) is 28.1 Å². The predicted octanol–water partition coefficient (Wildman–Crippen LogP) is 4.50. The minimum Gasteiger partial charge on any atom is -0.306 e. The first-order valence-corrected chi connectivity index (χ1v) is 12.1. The van der Waals surface area contributed by atoms with Gasteiger partial charge in [0.05, 0.1) is 29.0 Å². The van der Waals surface area contributed by atoms with E-state index in [4.69, 9.17) is 0 Å². The fourth-order valence-electron chi connectivity index (χ4n) is 4.70. The van der Waals surface area contributed by atoms with Gasteiger partial charge in [-0.3, -0.25) is 0 Å². The number of rotatable bonds is 5. The molecule has 0 bridgehead atoms. The van der Waals surface area contributed by atoms with Crippen LogP contribution in [0.5, 0.6) is 0 Å². The molecule has 34 heavy (non-hydrogen) atoms. The van der Waals surface area contributed by atoms with Crippen LogP contribution in [-0.4, -0.2) is 54.6 Å². The zero-order valence-corrected chi connectivity index (χ0v) is 20.1. The van der Waals surface area contributed by atoms with Crippen LogP contribution in [0.25, 0.3) is 16.8 Å². The molecule has 4 heterocycles. The van der Waals surface area contributed by atoms with Gasteiger partial charge in [0.2, 0.25) is 0 Å². The third kappa shape index (κ3) is 4.06. The Balaban J connectivity index is 1.53. The van der Waals surface area contributed by atoms with Crippen LogP contribution in [0.3, 0.4) is 0 Å². The highest BCUT2D eigenvalue weighted by molar-refractivity contribution is 7.99. The standard InChI is InChI=1S/C24H25FN8S/c1-15-22(29-30-33(15)19-8-6-18(7-9-19)31(2)3)16-11-21(34-24-20(25)5-4-10-27-24)23-17(12-26)13-28-32(23)14-16/h4-5,10-11,13-14,18-19H,6-9H2,1-3H3. The van der Waals surface area contributed by atoms with Gasteiger partial charge in [0.1, 0.15) is 16.8 Å². The summed E-state index contributed by atoms with van der Waals surface area (Å²) in [4.78, 5) is 7.15. The third-order valence-electron chi connectivity index (χ3n) is 6.57. The molecule has 0 spiro atoms. The molecule has 1 fully saturated rings. The fourth-order valence-corrected chi connectivity index (χ4v) is 5.67. The molecule has 0 N–H and O–H groups in total. The van der Waals surface area contributed by atoms with Crippen LogP contribution in [-0.2, 0) is 0 Å². The van der Waals surface area contributed by atoms with Gasteiger partial charge < -0.3 is 4.90 Å². The Morgan fingerprint density at radius 2 is 2.03 bits per heavy atom. The molecule has 0 saturated heterocycles. The fraction of sp³-hybridized carbons (Fsp3) is 0.375. The number of halogens is 1. The van der Waals surface area contributed by atoms with Crippen molar-refractivity contribution in [2.75, 3.05) is 14.1 Å². The highest BCUT2D eigenvalue weighted by Gasteiger charge is 2.27. The van der Waals surface area contributed by atoms with Gasteiger partial charge in [-0.15, -0.1) is 5.10 Å². The Morgan fingerprint density at radius 1 is 1.24 bits per heavy atom. The molecule has 0 radical (unpaired) electrons. The average Bonchev–Trinajstić information content (AvgIpc) is 3.44. The molecular weight excluding hydrogens is 451 g/mol. The zero-order valence-electron chi connectivity index (χ0n) is 19.3. The summed E-state index contributed by atoms with van der Waals surface area (Å²) in [6.45, 7) is 2.03. The van der Waals surface area contributed by atoms with E-state index < -0.39 is 5.82 Å². The van der Waals surface area contributed by atoms with Crippen LogP contribution in [0, 0.1) is 24.1 Å². The quantitative estimate of drug-likeness (QED) is 0.419. The summed E-state index contributed by atoms with van der Waals surface area (Å²) in [5.41, 5.74) is 3.59. The van der Waals surface area contributed by atoms with Crippen LogP contribution < -0.4 is 0 Å². The molecule has 1 saturated carbocycles. The van der Waals surface area contributed by atoms with E-state index >= 15 is 0 Å². The molecule has 5 rings (SSSR count). The molecule has 8 nitrogen and oxygen atoms in total. The normalized spacial score (nSPS) is 18.5.